The van der Waals surface area contributed by atoms with Gasteiger partial charge in [-0.1, -0.05) is 18.2 Å². The molecule has 0 aromatic heterocycles. The Bertz CT molecular complexity index is 547. The van der Waals surface area contributed by atoms with Crippen molar-refractivity contribution in [2.75, 3.05) is 13.1 Å². The molecule has 0 bridgehead atoms. The average molecular weight is 303 g/mol. The highest BCUT2D eigenvalue weighted by atomic mass is 16.5. The lowest BCUT2D eigenvalue weighted by molar-refractivity contribution is -0.140. The lowest BCUT2D eigenvalue weighted by atomic mass is 9.93. The second kappa shape index (κ2) is 6.38. The fourth-order valence-electron chi connectivity index (χ4n) is 3.35. The highest BCUT2D eigenvalue weighted by Gasteiger charge is 2.34. The number of ether oxygens (including phenoxy) is 1. The van der Waals surface area contributed by atoms with E-state index in [4.69, 9.17) is 9.84 Å². The number of carbonyl (C=O) groups excluding carboxylic acids is 1. The molecule has 1 fully saturated rings. The molecule has 5 nitrogen and oxygen atoms in total. The molecule has 1 N–H and O–H groups in total. The van der Waals surface area contributed by atoms with Crippen molar-refractivity contribution in [2.45, 2.75) is 38.2 Å². The maximum Gasteiger partial charge on any atom is 0.303 e. The minimum absolute atomic E-state index is 0.0382. The van der Waals surface area contributed by atoms with Gasteiger partial charge in [0.2, 0.25) is 0 Å². The minimum atomic E-state index is -0.766. The smallest absolute Gasteiger partial charge is 0.303 e. The van der Waals surface area contributed by atoms with Gasteiger partial charge >= 0.3 is 5.97 Å². The molecule has 5 heteroatoms. The summed E-state index contributed by atoms with van der Waals surface area (Å²) in [5.41, 5.74) is 1.08. The molecule has 1 aromatic rings. The number of rotatable bonds is 4. The zero-order chi connectivity index (χ0) is 15.5. The van der Waals surface area contributed by atoms with Crippen LogP contribution in [-0.2, 0) is 16.0 Å². The van der Waals surface area contributed by atoms with E-state index in [1.54, 1.807) is 0 Å². The third-order valence-corrected chi connectivity index (χ3v) is 4.52. The number of nitrogens with zero attached hydrogens (tertiary/aromatic N) is 1. The largest absolute Gasteiger partial charge is 0.481 e. The number of para-hydroxylation sites is 1. The molecular weight excluding hydrogens is 282 g/mol. The maximum atomic E-state index is 12.6. The van der Waals surface area contributed by atoms with Gasteiger partial charge in [0.15, 0.2) is 6.10 Å². The lowest BCUT2D eigenvalue weighted by Gasteiger charge is -2.34. The van der Waals surface area contributed by atoms with E-state index >= 15 is 0 Å². The van der Waals surface area contributed by atoms with Crippen LogP contribution in [0.5, 0.6) is 5.75 Å². The molecule has 1 saturated heterocycles. The Balaban J connectivity index is 1.57. The molecule has 2 aliphatic rings. The van der Waals surface area contributed by atoms with Crippen molar-refractivity contribution in [3.8, 4) is 5.75 Å². The number of fused-ring (bicyclic) bond motifs is 1. The normalized spacial score (nSPS) is 23.7. The van der Waals surface area contributed by atoms with Gasteiger partial charge in [0.1, 0.15) is 5.75 Å². The van der Waals surface area contributed by atoms with E-state index < -0.39 is 12.1 Å². The van der Waals surface area contributed by atoms with Gasteiger partial charge in [-0.25, -0.2) is 0 Å². The third kappa shape index (κ3) is 3.24. The molecule has 1 amide bonds. The molecule has 118 valence electrons. The van der Waals surface area contributed by atoms with Crippen LogP contribution >= 0.6 is 0 Å². The van der Waals surface area contributed by atoms with Crippen molar-refractivity contribution in [3.05, 3.63) is 29.8 Å². The predicted octanol–water partition coefficient (Wildman–Crippen LogP) is 2.09. The summed E-state index contributed by atoms with van der Waals surface area (Å²) in [6, 6.07) is 7.76. The Kier molecular flexibility index (Phi) is 4.32. The molecule has 22 heavy (non-hydrogen) atoms. The quantitative estimate of drug-likeness (QED) is 0.925. The number of carboxylic acid groups (broad SMARTS) is 1. The summed E-state index contributed by atoms with van der Waals surface area (Å²) in [5, 5.41) is 8.79. The summed E-state index contributed by atoms with van der Waals surface area (Å²) < 4.78 is 5.77. The van der Waals surface area contributed by atoms with E-state index in [0.717, 1.165) is 30.7 Å². The Morgan fingerprint density at radius 2 is 2.14 bits per heavy atom. The van der Waals surface area contributed by atoms with Crippen LogP contribution in [0.3, 0.4) is 0 Å². The zero-order valence-corrected chi connectivity index (χ0v) is 12.5. The van der Waals surface area contributed by atoms with Gasteiger partial charge in [-0.3, -0.25) is 9.59 Å². The van der Waals surface area contributed by atoms with Gasteiger partial charge in [-0.15, -0.1) is 0 Å². The van der Waals surface area contributed by atoms with E-state index in [2.05, 4.69) is 0 Å². The van der Waals surface area contributed by atoms with Crippen LogP contribution in [-0.4, -0.2) is 41.1 Å². The number of carboxylic acids is 1. The van der Waals surface area contributed by atoms with Crippen molar-refractivity contribution >= 4 is 11.9 Å². The Labute approximate surface area is 129 Å². The summed E-state index contributed by atoms with van der Waals surface area (Å²) >= 11 is 0. The second-order valence-corrected chi connectivity index (χ2v) is 6.14. The number of carbonyl (C=O) groups is 2. The van der Waals surface area contributed by atoms with Gasteiger partial charge in [-0.05, 0) is 36.8 Å². The van der Waals surface area contributed by atoms with Crippen LogP contribution < -0.4 is 4.74 Å². The lowest BCUT2D eigenvalue weighted by Crippen LogP contribution is -2.46. The number of aliphatic carboxylic acids is 1. The Morgan fingerprint density at radius 3 is 2.91 bits per heavy atom. The summed E-state index contributed by atoms with van der Waals surface area (Å²) in [7, 11) is 0. The molecule has 2 atom stereocenters. The van der Waals surface area contributed by atoms with Crippen molar-refractivity contribution in [1.82, 2.24) is 4.90 Å². The molecule has 0 radical (unpaired) electrons. The summed E-state index contributed by atoms with van der Waals surface area (Å²) in [6.07, 6.45) is 2.97. The first kappa shape index (κ1) is 14.9. The molecule has 2 heterocycles. The summed E-state index contributed by atoms with van der Waals surface area (Å²) in [5.74, 6) is 0.368. The standard InChI is InChI=1S/C17H21NO4/c19-16(20)8-7-12-4-3-9-18(11-12)17(21)15-10-13-5-1-2-6-14(13)22-15/h1-2,5-6,12,15H,3-4,7-11H2,(H,19,20). The van der Waals surface area contributed by atoms with Crippen LogP contribution in [0.15, 0.2) is 24.3 Å². The molecule has 2 unspecified atom stereocenters. The number of hydrogen-bond acceptors (Lipinski definition) is 3. The third-order valence-electron chi connectivity index (χ3n) is 4.52. The fourth-order valence-corrected chi connectivity index (χ4v) is 3.35. The Morgan fingerprint density at radius 1 is 1.32 bits per heavy atom. The van der Waals surface area contributed by atoms with Gasteiger partial charge in [0.25, 0.3) is 5.91 Å². The molecule has 1 aromatic carbocycles. The second-order valence-electron chi connectivity index (χ2n) is 6.14. The highest BCUT2D eigenvalue weighted by Crippen LogP contribution is 2.30. The van der Waals surface area contributed by atoms with Crippen molar-refractivity contribution in [1.29, 1.82) is 0 Å². The zero-order valence-electron chi connectivity index (χ0n) is 12.5. The first-order chi connectivity index (χ1) is 10.6. The van der Waals surface area contributed by atoms with E-state index in [1.807, 2.05) is 29.2 Å². The van der Waals surface area contributed by atoms with Crippen molar-refractivity contribution < 1.29 is 19.4 Å². The highest BCUT2D eigenvalue weighted by molar-refractivity contribution is 5.82. The molecule has 0 spiro atoms. The molecule has 3 rings (SSSR count). The summed E-state index contributed by atoms with van der Waals surface area (Å²) in [6.45, 7) is 1.40. The number of hydrogen-bond donors (Lipinski definition) is 1. The number of piperidine rings is 1. The van der Waals surface area contributed by atoms with Crippen molar-refractivity contribution in [2.24, 2.45) is 5.92 Å². The van der Waals surface area contributed by atoms with Crippen LogP contribution in [0.1, 0.15) is 31.2 Å². The van der Waals surface area contributed by atoms with E-state index in [9.17, 15) is 9.59 Å². The first-order valence-electron chi connectivity index (χ1n) is 7.88. The maximum absolute atomic E-state index is 12.6. The first-order valence-corrected chi connectivity index (χ1v) is 7.88. The molecular formula is C17H21NO4. The van der Waals surface area contributed by atoms with E-state index in [1.165, 1.54) is 0 Å². The SMILES string of the molecule is O=C(O)CCC1CCCN(C(=O)C2Cc3ccccc3O2)C1. The number of amides is 1. The minimum Gasteiger partial charge on any atom is -0.481 e. The van der Waals surface area contributed by atoms with E-state index in [-0.39, 0.29) is 18.2 Å². The van der Waals surface area contributed by atoms with Crippen LogP contribution in [0.4, 0.5) is 0 Å². The van der Waals surface area contributed by atoms with Crippen LogP contribution in [0.25, 0.3) is 0 Å². The molecule has 0 saturated carbocycles. The molecule has 0 aliphatic carbocycles. The topological polar surface area (TPSA) is 66.8 Å². The van der Waals surface area contributed by atoms with Gasteiger partial charge in [0, 0.05) is 25.9 Å². The fraction of sp³-hybridized carbons (Fsp3) is 0.529. The molecule has 2 aliphatic heterocycles. The Hall–Kier alpha value is -2.04. The van der Waals surface area contributed by atoms with Crippen LogP contribution in [0.2, 0.25) is 0 Å². The number of likely N-dealkylation sites (tertiary alicyclic amines) is 1. The van der Waals surface area contributed by atoms with Gasteiger partial charge in [-0.2, -0.15) is 0 Å². The van der Waals surface area contributed by atoms with Gasteiger partial charge in [0.05, 0.1) is 0 Å². The average Bonchev–Trinajstić information content (AvgIpc) is 2.96. The number of benzene rings is 1. The monoisotopic (exact) mass is 303 g/mol. The summed E-state index contributed by atoms with van der Waals surface area (Å²) in [4.78, 5) is 25.2. The van der Waals surface area contributed by atoms with Gasteiger partial charge < -0.3 is 14.7 Å². The van der Waals surface area contributed by atoms with Crippen molar-refractivity contribution in [3.63, 3.8) is 0 Å². The predicted molar refractivity (Wildman–Crippen MR) is 80.7 cm³/mol. The van der Waals surface area contributed by atoms with Crippen LogP contribution in [0, 0.1) is 5.92 Å². The van der Waals surface area contributed by atoms with E-state index in [0.29, 0.717) is 19.4 Å².